The molecule has 0 fully saturated rings. The number of aliphatic imine (C=N–C) groups is 2. The topological polar surface area (TPSA) is 24.7 Å². The third-order valence-electron chi connectivity index (χ3n) is 0.329. The Bertz CT molecular complexity index is 71.9. The Kier molecular flexibility index (Phi) is 150. The van der Waals surface area contributed by atoms with E-state index in [-0.39, 0.29) is 0 Å². The first-order valence-corrected chi connectivity index (χ1v) is 4.92. The number of nitrogens with zero attached hydrogens (tertiary/aromatic N) is 2. The molecule has 0 N–H and O–H groups in total. The highest BCUT2D eigenvalue weighted by molar-refractivity contribution is 5.40. The molecule has 0 heterocycles. The van der Waals surface area contributed by atoms with Gasteiger partial charge < -0.3 is 0 Å². The van der Waals surface area contributed by atoms with Crippen LogP contribution >= 0.6 is 0 Å². The van der Waals surface area contributed by atoms with Crippen LogP contribution in [0.25, 0.3) is 0 Å². The molecule has 0 radical (unpaired) electrons. The lowest BCUT2D eigenvalue weighted by Gasteiger charge is -1.63. The molecular weight excluding hydrogens is 148 g/mol. The van der Waals surface area contributed by atoms with Crippen molar-refractivity contribution >= 4 is 6.01 Å². The van der Waals surface area contributed by atoms with Crippen molar-refractivity contribution in [3.63, 3.8) is 0 Å². The summed E-state index contributed by atoms with van der Waals surface area (Å²) in [5, 5.41) is 0. The fourth-order valence-corrected chi connectivity index (χ4v) is 0.141. The standard InChI is InChI=1S/C4H8N2.3C2H6/c1-3-6-4-5-2;3*1-2/h3H2,1-2H3;3*1-2H3. The minimum atomic E-state index is 0.775. The summed E-state index contributed by atoms with van der Waals surface area (Å²) in [5.74, 6) is 0. The SMILES string of the molecule is CC.CC.CC.CCN=C=NC. The molecule has 0 atom stereocenters. The maximum atomic E-state index is 3.67. The van der Waals surface area contributed by atoms with E-state index in [0.717, 1.165) is 6.54 Å². The van der Waals surface area contributed by atoms with Gasteiger partial charge in [-0.3, -0.25) is 0 Å². The molecule has 76 valence electrons. The molecule has 0 aliphatic rings. The van der Waals surface area contributed by atoms with Crippen LogP contribution in [0.5, 0.6) is 0 Å². The fourth-order valence-electron chi connectivity index (χ4n) is 0.141. The first-order valence-electron chi connectivity index (χ1n) is 4.92. The maximum Gasteiger partial charge on any atom is 0.0889 e. The van der Waals surface area contributed by atoms with E-state index in [0.29, 0.717) is 0 Å². The summed E-state index contributed by atoms with van der Waals surface area (Å²) in [5.41, 5.74) is 0. The molecule has 0 aromatic rings. The second-order valence-corrected chi connectivity index (χ2v) is 0.798. The van der Waals surface area contributed by atoms with Crippen molar-refractivity contribution in [1.82, 2.24) is 0 Å². The monoisotopic (exact) mass is 174 g/mol. The molecule has 2 heteroatoms. The summed E-state index contributed by atoms with van der Waals surface area (Å²) in [7, 11) is 1.65. The van der Waals surface area contributed by atoms with E-state index in [2.05, 4.69) is 16.0 Å². The first-order chi connectivity index (χ1) is 5.91. The highest BCUT2D eigenvalue weighted by Crippen LogP contribution is 1.56. The predicted octanol–water partition coefficient (Wildman–Crippen LogP) is 3.89. The van der Waals surface area contributed by atoms with Crippen LogP contribution in [0, 0.1) is 0 Å². The van der Waals surface area contributed by atoms with Crippen molar-refractivity contribution < 1.29 is 0 Å². The van der Waals surface area contributed by atoms with Crippen molar-refractivity contribution in [2.24, 2.45) is 9.98 Å². The van der Waals surface area contributed by atoms with Crippen LogP contribution < -0.4 is 0 Å². The average Bonchev–Trinajstić information content (AvgIpc) is 2.24. The van der Waals surface area contributed by atoms with E-state index in [1.165, 1.54) is 0 Å². The quantitative estimate of drug-likeness (QED) is 0.539. The molecule has 0 aliphatic carbocycles. The van der Waals surface area contributed by atoms with Crippen LogP contribution in [0.15, 0.2) is 9.98 Å². The Morgan fingerprint density at radius 1 is 0.917 bits per heavy atom. The molecule has 0 amide bonds. The van der Waals surface area contributed by atoms with Crippen molar-refractivity contribution in [3.05, 3.63) is 0 Å². The van der Waals surface area contributed by atoms with Gasteiger partial charge >= 0.3 is 0 Å². The Labute approximate surface area is 78.8 Å². The Morgan fingerprint density at radius 2 is 1.25 bits per heavy atom. The second-order valence-electron chi connectivity index (χ2n) is 0.798. The lowest BCUT2D eigenvalue weighted by atomic mass is 10.8. The van der Waals surface area contributed by atoms with Gasteiger partial charge in [0.25, 0.3) is 0 Å². The van der Waals surface area contributed by atoms with Gasteiger partial charge in [-0.1, -0.05) is 41.5 Å². The van der Waals surface area contributed by atoms with Gasteiger partial charge in [-0.05, 0) is 6.92 Å². The van der Waals surface area contributed by atoms with E-state index in [9.17, 15) is 0 Å². The van der Waals surface area contributed by atoms with E-state index in [4.69, 9.17) is 0 Å². The third-order valence-corrected chi connectivity index (χ3v) is 0.329. The normalized spacial score (nSPS) is 4.67. The molecule has 0 bridgehead atoms. The number of hydrogen-bond acceptors (Lipinski definition) is 2. The molecule has 0 aliphatic heterocycles. The van der Waals surface area contributed by atoms with Crippen molar-refractivity contribution in [3.8, 4) is 0 Å². The van der Waals surface area contributed by atoms with Gasteiger partial charge in [-0.25, -0.2) is 9.98 Å². The highest BCUT2D eigenvalue weighted by Gasteiger charge is 1.52. The Morgan fingerprint density at radius 3 is 1.33 bits per heavy atom. The van der Waals surface area contributed by atoms with Gasteiger partial charge in [0, 0.05) is 13.6 Å². The number of hydrogen-bond donors (Lipinski definition) is 0. The summed E-state index contributed by atoms with van der Waals surface area (Å²) in [6.07, 6.45) is 0. The largest absolute Gasteiger partial charge is 0.229 e. The van der Waals surface area contributed by atoms with E-state index in [1.54, 1.807) is 7.05 Å². The molecule has 2 nitrogen and oxygen atoms in total. The molecule has 0 aromatic carbocycles. The van der Waals surface area contributed by atoms with Gasteiger partial charge in [0.15, 0.2) is 0 Å². The summed E-state index contributed by atoms with van der Waals surface area (Å²) >= 11 is 0. The average molecular weight is 174 g/mol. The van der Waals surface area contributed by atoms with E-state index >= 15 is 0 Å². The number of rotatable bonds is 1. The lowest BCUT2D eigenvalue weighted by molar-refractivity contribution is 1.14. The van der Waals surface area contributed by atoms with Crippen LogP contribution in [0.4, 0.5) is 0 Å². The first kappa shape index (κ1) is 22.5. The molecular formula is C10H26N2. The molecule has 0 unspecified atom stereocenters. The van der Waals surface area contributed by atoms with E-state index < -0.39 is 0 Å². The van der Waals surface area contributed by atoms with Gasteiger partial charge in [-0.15, -0.1) is 0 Å². The van der Waals surface area contributed by atoms with Gasteiger partial charge in [0.1, 0.15) is 0 Å². The van der Waals surface area contributed by atoms with Crippen molar-refractivity contribution in [2.45, 2.75) is 48.5 Å². The van der Waals surface area contributed by atoms with Gasteiger partial charge in [-0.2, -0.15) is 0 Å². The highest BCUT2D eigenvalue weighted by atomic mass is 14.8. The Balaban J connectivity index is -0.0000000453. The molecule has 12 heavy (non-hydrogen) atoms. The summed E-state index contributed by atoms with van der Waals surface area (Å²) in [6, 6.07) is 2.45. The van der Waals surface area contributed by atoms with E-state index in [1.807, 2.05) is 48.5 Å². The van der Waals surface area contributed by atoms with Gasteiger partial charge in [0.05, 0.1) is 6.01 Å². The summed E-state index contributed by atoms with van der Waals surface area (Å²) < 4.78 is 0. The fraction of sp³-hybridized carbons (Fsp3) is 0.900. The van der Waals surface area contributed by atoms with Crippen LogP contribution in [0.2, 0.25) is 0 Å². The predicted molar refractivity (Wildman–Crippen MR) is 60.4 cm³/mol. The lowest BCUT2D eigenvalue weighted by Crippen LogP contribution is -1.60. The zero-order valence-electron chi connectivity index (χ0n) is 10.1. The second kappa shape index (κ2) is 79.9. The Hall–Kier alpha value is -0.620. The zero-order chi connectivity index (χ0) is 10.8. The molecule has 0 aromatic heterocycles. The van der Waals surface area contributed by atoms with Crippen molar-refractivity contribution in [2.75, 3.05) is 13.6 Å². The van der Waals surface area contributed by atoms with Crippen LogP contribution in [0.3, 0.4) is 0 Å². The summed E-state index contributed by atoms with van der Waals surface area (Å²) in [6.45, 7) is 14.7. The third kappa shape index (κ3) is 116. The molecule has 0 saturated heterocycles. The minimum Gasteiger partial charge on any atom is -0.229 e. The smallest absolute Gasteiger partial charge is 0.0889 e. The van der Waals surface area contributed by atoms with Crippen LogP contribution in [0.1, 0.15) is 48.5 Å². The zero-order valence-corrected chi connectivity index (χ0v) is 10.1. The minimum absolute atomic E-state index is 0.775. The molecule has 0 saturated carbocycles. The van der Waals surface area contributed by atoms with Crippen molar-refractivity contribution in [1.29, 1.82) is 0 Å². The molecule has 0 spiro atoms. The van der Waals surface area contributed by atoms with Gasteiger partial charge in [0.2, 0.25) is 0 Å². The molecule has 0 rings (SSSR count). The van der Waals surface area contributed by atoms with Crippen LogP contribution in [-0.2, 0) is 0 Å². The maximum absolute atomic E-state index is 3.67. The summed E-state index contributed by atoms with van der Waals surface area (Å²) in [4.78, 5) is 7.18. The van der Waals surface area contributed by atoms with Crippen LogP contribution in [-0.4, -0.2) is 19.6 Å².